The molecule has 0 radical (unpaired) electrons. The molecule has 1 aliphatic rings. The molecule has 1 saturated heterocycles. The van der Waals surface area contributed by atoms with Gasteiger partial charge in [-0.25, -0.2) is 0 Å². The van der Waals surface area contributed by atoms with E-state index >= 15 is 0 Å². The van der Waals surface area contributed by atoms with E-state index in [0.29, 0.717) is 27.5 Å². The zero-order valence-electron chi connectivity index (χ0n) is 14.1. The molecule has 0 bridgehead atoms. The Bertz CT molecular complexity index is 884. The van der Waals surface area contributed by atoms with E-state index < -0.39 is 0 Å². The molecule has 3 heterocycles. The van der Waals surface area contributed by atoms with Crippen molar-refractivity contribution in [2.24, 2.45) is 0 Å². The van der Waals surface area contributed by atoms with Crippen molar-refractivity contribution in [3.8, 4) is 11.6 Å². The van der Waals surface area contributed by atoms with E-state index in [1.54, 1.807) is 6.20 Å². The molecular formula is C19H18Cl2N4O. The molecule has 1 aliphatic heterocycles. The summed E-state index contributed by atoms with van der Waals surface area (Å²) in [6.07, 6.45) is 5.00. The van der Waals surface area contributed by atoms with Crippen molar-refractivity contribution in [1.82, 2.24) is 20.1 Å². The van der Waals surface area contributed by atoms with E-state index in [0.717, 1.165) is 37.9 Å². The van der Waals surface area contributed by atoms with Gasteiger partial charge in [-0.3, -0.25) is 9.88 Å². The van der Waals surface area contributed by atoms with Gasteiger partial charge in [-0.05, 0) is 49.2 Å². The Labute approximate surface area is 162 Å². The first-order valence-electron chi connectivity index (χ1n) is 8.63. The molecule has 0 saturated carbocycles. The van der Waals surface area contributed by atoms with Gasteiger partial charge in [0.25, 0.3) is 5.89 Å². The maximum atomic E-state index is 6.16. The summed E-state index contributed by atoms with van der Waals surface area (Å²) in [4.78, 5) is 6.64. The van der Waals surface area contributed by atoms with Crippen LogP contribution in [0.1, 0.15) is 36.8 Å². The van der Waals surface area contributed by atoms with Crippen molar-refractivity contribution in [2.75, 3.05) is 6.54 Å². The molecule has 7 heteroatoms. The highest BCUT2D eigenvalue weighted by Crippen LogP contribution is 2.33. The number of piperidine rings is 1. The van der Waals surface area contributed by atoms with Crippen molar-refractivity contribution in [3.63, 3.8) is 0 Å². The first-order valence-corrected chi connectivity index (χ1v) is 9.39. The summed E-state index contributed by atoms with van der Waals surface area (Å²) >= 11 is 12.2. The number of rotatable bonds is 4. The highest BCUT2D eigenvalue weighted by Gasteiger charge is 2.29. The maximum absolute atomic E-state index is 6.16. The number of likely N-dealkylation sites (tertiary alicyclic amines) is 1. The molecule has 0 spiro atoms. The Hall–Kier alpha value is -1.95. The van der Waals surface area contributed by atoms with Crippen molar-refractivity contribution < 1.29 is 4.42 Å². The van der Waals surface area contributed by atoms with Gasteiger partial charge in [-0.15, -0.1) is 10.2 Å². The third kappa shape index (κ3) is 3.75. The van der Waals surface area contributed by atoms with Crippen LogP contribution >= 0.6 is 23.2 Å². The van der Waals surface area contributed by atoms with Crippen LogP contribution in [0.5, 0.6) is 0 Å². The number of nitrogens with zero attached hydrogens (tertiary/aromatic N) is 4. The summed E-state index contributed by atoms with van der Waals surface area (Å²) in [5.74, 6) is 1.10. The zero-order chi connectivity index (χ0) is 17.9. The molecule has 0 amide bonds. The Morgan fingerprint density at radius 2 is 2.00 bits per heavy atom. The molecule has 26 heavy (non-hydrogen) atoms. The summed E-state index contributed by atoms with van der Waals surface area (Å²) < 4.78 is 5.95. The van der Waals surface area contributed by atoms with Gasteiger partial charge in [0.05, 0.1) is 16.1 Å². The van der Waals surface area contributed by atoms with Crippen LogP contribution in [0.3, 0.4) is 0 Å². The van der Waals surface area contributed by atoms with Gasteiger partial charge in [-0.2, -0.15) is 0 Å². The number of hydrogen-bond acceptors (Lipinski definition) is 5. The predicted molar refractivity (Wildman–Crippen MR) is 101 cm³/mol. The van der Waals surface area contributed by atoms with Crippen LogP contribution in [0.25, 0.3) is 11.6 Å². The Morgan fingerprint density at radius 1 is 1.08 bits per heavy atom. The van der Waals surface area contributed by atoms with Crippen molar-refractivity contribution in [3.05, 3.63) is 64.1 Å². The van der Waals surface area contributed by atoms with Gasteiger partial charge < -0.3 is 4.42 Å². The number of hydrogen-bond donors (Lipinski definition) is 0. The van der Waals surface area contributed by atoms with Crippen LogP contribution in [0.15, 0.2) is 47.0 Å². The molecule has 1 fully saturated rings. The molecule has 0 aliphatic carbocycles. The topological polar surface area (TPSA) is 55.1 Å². The minimum Gasteiger partial charge on any atom is -0.418 e. The summed E-state index contributed by atoms with van der Waals surface area (Å²) in [7, 11) is 0. The molecule has 0 unspecified atom stereocenters. The average Bonchev–Trinajstić information content (AvgIpc) is 3.16. The largest absolute Gasteiger partial charge is 0.418 e. The Kier molecular flexibility index (Phi) is 5.20. The van der Waals surface area contributed by atoms with Crippen molar-refractivity contribution in [1.29, 1.82) is 0 Å². The smallest absolute Gasteiger partial charge is 0.266 e. The monoisotopic (exact) mass is 388 g/mol. The second kappa shape index (κ2) is 7.74. The third-order valence-corrected chi connectivity index (χ3v) is 5.33. The lowest BCUT2D eigenvalue weighted by Crippen LogP contribution is -2.33. The lowest BCUT2D eigenvalue weighted by Gasteiger charge is -2.33. The normalized spacial score (nSPS) is 18.2. The van der Waals surface area contributed by atoms with Crippen LogP contribution in [-0.2, 0) is 6.54 Å². The summed E-state index contributed by atoms with van der Waals surface area (Å²) in [6, 6.07) is 11.5. The fourth-order valence-corrected chi connectivity index (χ4v) is 3.62. The van der Waals surface area contributed by atoms with Gasteiger partial charge in [0.15, 0.2) is 0 Å². The molecule has 3 aromatic rings. The summed E-state index contributed by atoms with van der Waals surface area (Å²) in [6.45, 7) is 1.75. The zero-order valence-corrected chi connectivity index (χ0v) is 15.6. The van der Waals surface area contributed by atoms with Gasteiger partial charge in [0.2, 0.25) is 5.89 Å². The van der Waals surface area contributed by atoms with Gasteiger partial charge >= 0.3 is 0 Å². The number of pyridine rings is 1. The average molecular weight is 389 g/mol. The number of benzene rings is 1. The van der Waals surface area contributed by atoms with Gasteiger partial charge in [0.1, 0.15) is 5.69 Å². The molecular weight excluding hydrogens is 371 g/mol. The lowest BCUT2D eigenvalue weighted by atomic mass is 10.0. The van der Waals surface area contributed by atoms with E-state index in [2.05, 4.69) is 20.1 Å². The van der Waals surface area contributed by atoms with E-state index in [9.17, 15) is 0 Å². The van der Waals surface area contributed by atoms with Crippen LogP contribution in [-0.4, -0.2) is 26.6 Å². The fraction of sp³-hybridized carbons (Fsp3) is 0.316. The number of aromatic nitrogens is 3. The van der Waals surface area contributed by atoms with Crippen molar-refractivity contribution >= 4 is 23.2 Å². The van der Waals surface area contributed by atoms with Gasteiger partial charge in [0, 0.05) is 12.7 Å². The molecule has 5 nitrogen and oxygen atoms in total. The highest BCUT2D eigenvalue weighted by atomic mass is 35.5. The second-order valence-corrected chi connectivity index (χ2v) is 7.21. The fourth-order valence-electron chi connectivity index (χ4n) is 3.29. The van der Waals surface area contributed by atoms with Crippen LogP contribution < -0.4 is 0 Å². The predicted octanol–water partition coefficient (Wildman–Crippen LogP) is 5.17. The Balaban J connectivity index is 1.56. The van der Waals surface area contributed by atoms with E-state index in [4.69, 9.17) is 27.6 Å². The maximum Gasteiger partial charge on any atom is 0.266 e. The SMILES string of the molecule is Clc1ccc(CN2CCCC[C@H]2c2nnc(-c3ccccn3)o2)cc1Cl. The highest BCUT2D eigenvalue weighted by molar-refractivity contribution is 6.42. The van der Waals surface area contributed by atoms with E-state index in [1.165, 1.54) is 0 Å². The first kappa shape index (κ1) is 17.5. The third-order valence-electron chi connectivity index (χ3n) is 4.59. The molecule has 1 atom stereocenters. The van der Waals surface area contributed by atoms with Gasteiger partial charge in [-0.1, -0.05) is 41.8 Å². The second-order valence-electron chi connectivity index (χ2n) is 6.39. The van der Waals surface area contributed by atoms with E-state index in [-0.39, 0.29) is 6.04 Å². The first-order chi connectivity index (χ1) is 12.7. The van der Waals surface area contributed by atoms with E-state index in [1.807, 2.05) is 36.4 Å². The number of halogens is 2. The lowest BCUT2D eigenvalue weighted by molar-refractivity contribution is 0.118. The molecule has 4 rings (SSSR count). The molecule has 0 N–H and O–H groups in total. The molecule has 134 valence electrons. The molecule has 2 aromatic heterocycles. The summed E-state index contributed by atoms with van der Waals surface area (Å²) in [5, 5.41) is 9.63. The molecule has 1 aromatic carbocycles. The van der Waals surface area contributed by atoms with Crippen molar-refractivity contribution in [2.45, 2.75) is 31.8 Å². The van der Waals surface area contributed by atoms with Crippen LogP contribution in [0, 0.1) is 0 Å². The summed E-state index contributed by atoms with van der Waals surface area (Å²) in [5.41, 5.74) is 1.81. The Morgan fingerprint density at radius 3 is 2.81 bits per heavy atom. The van der Waals surface area contributed by atoms with Crippen LogP contribution in [0.2, 0.25) is 10.0 Å². The minimum atomic E-state index is 0.100. The minimum absolute atomic E-state index is 0.100. The standard InChI is InChI=1S/C19H18Cl2N4O/c20-14-8-7-13(11-15(14)21)12-25-10-4-2-6-17(25)19-24-23-18(26-19)16-5-1-3-9-22-16/h1,3,5,7-9,11,17H,2,4,6,10,12H2/t17-/m0/s1. The quantitative estimate of drug-likeness (QED) is 0.617. The van der Waals surface area contributed by atoms with Crippen LogP contribution in [0.4, 0.5) is 0 Å².